The van der Waals surface area contributed by atoms with E-state index in [4.69, 9.17) is 0 Å². The van der Waals surface area contributed by atoms with Crippen LogP contribution in [0.3, 0.4) is 0 Å². The van der Waals surface area contributed by atoms with Crippen molar-refractivity contribution in [1.29, 1.82) is 0 Å². The molecule has 0 aromatic rings. The van der Waals surface area contributed by atoms with Crippen LogP contribution in [0.5, 0.6) is 0 Å². The number of hydrogen-bond donors (Lipinski definition) is 1. The van der Waals surface area contributed by atoms with E-state index in [1.165, 1.54) is 25.9 Å². The Morgan fingerprint density at radius 3 is 2.83 bits per heavy atom. The van der Waals surface area contributed by atoms with Gasteiger partial charge in [-0.05, 0) is 32.4 Å². The fourth-order valence-electron chi connectivity index (χ4n) is 1.75. The molecule has 0 saturated carbocycles. The quantitative estimate of drug-likeness (QED) is 0.620. The zero-order valence-electron chi connectivity index (χ0n) is 8.51. The maximum absolute atomic E-state index is 3.34. The first kappa shape index (κ1) is 9.96. The summed E-state index contributed by atoms with van der Waals surface area (Å²) in [5, 5.41) is 2.04. The summed E-state index contributed by atoms with van der Waals surface area (Å²) in [5.41, 5.74) is 3.34. The summed E-state index contributed by atoms with van der Waals surface area (Å²) in [6.07, 6.45) is 2.74. The lowest BCUT2D eigenvalue weighted by atomic mass is 9.99. The van der Waals surface area contributed by atoms with Gasteiger partial charge in [0.15, 0.2) is 0 Å². The number of hydrogen-bond acceptors (Lipinski definition) is 3. The van der Waals surface area contributed by atoms with Gasteiger partial charge in [-0.3, -0.25) is 10.4 Å². The van der Waals surface area contributed by atoms with Crippen LogP contribution in [0.2, 0.25) is 0 Å². The molecule has 1 unspecified atom stereocenters. The molecule has 1 fully saturated rings. The van der Waals surface area contributed by atoms with E-state index in [9.17, 15) is 0 Å². The molecule has 0 amide bonds. The summed E-state index contributed by atoms with van der Waals surface area (Å²) in [6, 6.07) is 0. The number of hydrazine groups is 1. The summed E-state index contributed by atoms with van der Waals surface area (Å²) in [4.78, 5) is 2.42. The molecule has 0 aliphatic carbocycles. The molecule has 1 saturated heterocycles. The Labute approximate surface area is 75.7 Å². The maximum Gasteiger partial charge on any atom is 0.0142 e. The number of nitrogens with one attached hydrogen (secondary N) is 1. The van der Waals surface area contributed by atoms with Crippen LogP contribution in [-0.2, 0) is 0 Å². The van der Waals surface area contributed by atoms with Crippen molar-refractivity contribution < 1.29 is 0 Å². The molecule has 1 rings (SSSR count). The van der Waals surface area contributed by atoms with Crippen molar-refractivity contribution >= 4 is 0 Å². The van der Waals surface area contributed by atoms with Gasteiger partial charge in [0.1, 0.15) is 0 Å². The first-order valence-electron chi connectivity index (χ1n) is 4.78. The Hall–Kier alpha value is -0.120. The molecule has 0 aromatic carbocycles. The molecule has 1 aliphatic rings. The Morgan fingerprint density at radius 1 is 1.50 bits per heavy atom. The minimum Gasteiger partial charge on any atom is -0.306 e. The van der Waals surface area contributed by atoms with Crippen molar-refractivity contribution in [3.63, 3.8) is 0 Å². The van der Waals surface area contributed by atoms with E-state index in [2.05, 4.69) is 17.4 Å². The lowest BCUT2D eigenvalue weighted by Crippen LogP contribution is -2.41. The Kier molecular flexibility index (Phi) is 3.98. The molecule has 12 heavy (non-hydrogen) atoms. The topological polar surface area (TPSA) is 18.5 Å². The van der Waals surface area contributed by atoms with Crippen molar-refractivity contribution in [3.05, 3.63) is 0 Å². The Morgan fingerprint density at radius 2 is 2.25 bits per heavy atom. The van der Waals surface area contributed by atoms with Gasteiger partial charge in [-0.1, -0.05) is 0 Å². The van der Waals surface area contributed by atoms with E-state index >= 15 is 0 Å². The van der Waals surface area contributed by atoms with Crippen molar-refractivity contribution in [2.24, 2.45) is 5.92 Å². The van der Waals surface area contributed by atoms with Crippen LogP contribution in [0, 0.1) is 5.92 Å². The second kappa shape index (κ2) is 4.80. The molecule has 1 heterocycles. The second-order valence-corrected chi connectivity index (χ2v) is 4.03. The lowest BCUT2D eigenvalue weighted by molar-refractivity contribution is 0.176. The first-order chi connectivity index (χ1) is 5.68. The highest BCUT2D eigenvalue weighted by Gasteiger charge is 2.16. The molecule has 1 aliphatic heterocycles. The van der Waals surface area contributed by atoms with Gasteiger partial charge < -0.3 is 4.90 Å². The molecular weight excluding hydrogens is 150 g/mol. The maximum atomic E-state index is 3.34. The molecule has 72 valence electrons. The molecule has 1 N–H and O–H groups in total. The average molecular weight is 171 g/mol. The van der Waals surface area contributed by atoms with E-state index in [1.54, 1.807) is 0 Å². The van der Waals surface area contributed by atoms with E-state index in [0.29, 0.717) is 0 Å². The Bertz CT molecular complexity index is 125. The third kappa shape index (κ3) is 3.52. The van der Waals surface area contributed by atoms with Crippen molar-refractivity contribution in [1.82, 2.24) is 15.3 Å². The first-order valence-corrected chi connectivity index (χ1v) is 4.78. The zero-order valence-corrected chi connectivity index (χ0v) is 8.51. The van der Waals surface area contributed by atoms with Crippen LogP contribution < -0.4 is 5.43 Å². The fraction of sp³-hybridized carbons (Fsp3) is 1.00. The highest BCUT2D eigenvalue weighted by Crippen LogP contribution is 2.13. The van der Waals surface area contributed by atoms with Gasteiger partial charge in [-0.15, -0.1) is 0 Å². The van der Waals surface area contributed by atoms with Gasteiger partial charge in [-0.2, -0.15) is 0 Å². The summed E-state index contributed by atoms with van der Waals surface area (Å²) in [7, 11) is 6.31. The molecule has 0 aromatic heterocycles. The van der Waals surface area contributed by atoms with Gasteiger partial charge in [-0.25, -0.2) is 0 Å². The SMILES string of the molecule is CN1CCCC(CNN(C)C)C1. The zero-order chi connectivity index (χ0) is 8.97. The fourth-order valence-corrected chi connectivity index (χ4v) is 1.75. The van der Waals surface area contributed by atoms with Gasteiger partial charge >= 0.3 is 0 Å². The lowest BCUT2D eigenvalue weighted by Gasteiger charge is -2.30. The molecule has 0 spiro atoms. The standard InChI is InChI=1S/C9H21N3/c1-11(2)10-7-9-5-4-6-12(3)8-9/h9-10H,4-8H2,1-3H3. The van der Waals surface area contributed by atoms with Gasteiger partial charge in [0.25, 0.3) is 0 Å². The monoisotopic (exact) mass is 171 g/mol. The predicted molar refractivity (Wildman–Crippen MR) is 51.9 cm³/mol. The summed E-state index contributed by atoms with van der Waals surface area (Å²) in [5.74, 6) is 0.839. The molecule has 3 heteroatoms. The average Bonchev–Trinajstić information content (AvgIpc) is 2.01. The highest BCUT2D eigenvalue weighted by atomic mass is 15.5. The van der Waals surface area contributed by atoms with Gasteiger partial charge in [0.05, 0.1) is 0 Å². The van der Waals surface area contributed by atoms with Crippen LogP contribution >= 0.6 is 0 Å². The normalized spacial score (nSPS) is 26.5. The summed E-state index contributed by atoms with van der Waals surface area (Å²) in [6.45, 7) is 3.65. The van der Waals surface area contributed by atoms with E-state index in [0.717, 1.165) is 12.5 Å². The summed E-state index contributed by atoms with van der Waals surface area (Å²) < 4.78 is 0. The van der Waals surface area contributed by atoms with Crippen LogP contribution in [0.4, 0.5) is 0 Å². The summed E-state index contributed by atoms with van der Waals surface area (Å²) >= 11 is 0. The number of rotatable bonds is 3. The Balaban J connectivity index is 2.14. The third-order valence-electron chi connectivity index (χ3n) is 2.42. The predicted octanol–water partition coefficient (Wildman–Crippen LogP) is 0.394. The molecular formula is C9H21N3. The van der Waals surface area contributed by atoms with Crippen molar-refractivity contribution in [2.75, 3.05) is 40.8 Å². The van der Waals surface area contributed by atoms with E-state index in [1.807, 2.05) is 19.1 Å². The third-order valence-corrected chi connectivity index (χ3v) is 2.42. The van der Waals surface area contributed by atoms with Gasteiger partial charge in [0, 0.05) is 27.2 Å². The molecule has 1 atom stereocenters. The van der Waals surface area contributed by atoms with Crippen LogP contribution in [0.1, 0.15) is 12.8 Å². The number of piperidine rings is 1. The minimum atomic E-state index is 0.839. The largest absolute Gasteiger partial charge is 0.306 e. The second-order valence-electron chi connectivity index (χ2n) is 4.03. The minimum absolute atomic E-state index is 0.839. The highest BCUT2D eigenvalue weighted by molar-refractivity contribution is 4.71. The van der Waals surface area contributed by atoms with Crippen LogP contribution in [-0.4, -0.2) is 50.7 Å². The van der Waals surface area contributed by atoms with E-state index in [-0.39, 0.29) is 0 Å². The van der Waals surface area contributed by atoms with Crippen molar-refractivity contribution in [2.45, 2.75) is 12.8 Å². The smallest absolute Gasteiger partial charge is 0.0142 e. The van der Waals surface area contributed by atoms with E-state index < -0.39 is 0 Å². The molecule has 3 nitrogen and oxygen atoms in total. The molecule has 0 bridgehead atoms. The van der Waals surface area contributed by atoms with Crippen LogP contribution in [0.15, 0.2) is 0 Å². The number of likely N-dealkylation sites (tertiary alicyclic amines) is 1. The van der Waals surface area contributed by atoms with Crippen LogP contribution in [0.25, 0.3) is 0 Å². The molecule has 0 radical (unpaired) electrons. The van der Waals surface area contributed by atoms with Gasteiger partial charge in [0.2, 0.25) is 0 Å². The number of nitrogens with zero attached hydrogens (tertiary/aromatic N) is 2. The van der Waals surface area contributed by atoms with Crippen molar-refractivity contribution in [3.8, 4) is 0 Å².